The number of amides is 1. The summed E-state index contributed by atoms with van der Waals surface area (Å²) in [7, 11) is 0. The van der Waals surface area contributed by atoms with Gasteiger partial charge in [-0.3, -0.25) is 4.79 Å². The number of benzene rings is 1. The molecule has 0 aliphatic carbocycles. The van der Waals surface area contributed by atoms with Crippen molar-refractivity contribution in [3.05, 3.63) is 29.3 Å². The lowest BCUT2D eigenvalue weighted by Crippen LogP contribution is -2.50. The summed E-state index contributed by atoms with van der Waals surface area (Å²) in [6.45, 7) is 11.4. The quantitative estimate of drug-likeness (QED) is 0.688. The van der Waals surface area contributed by atoms with E-state index in [0.29, 0.717) is 5.02 Å². The largest absolute Gasteiger partial charge is 0.339 e. The van der Waals surface area contributed by atoms with Gasteiger partial charge in [-0.15, -0.1) is 10.2 Å². The number of rotatable bonds is 6. The molecule has 1 aromatic heterocycles. The van der Waals surface area contributed by atoms with Gasteiger partial charge in [-0.1, -0.05) is 42.4 Å². The fraction of sp³-hybridized carbons (Fsp3) is 0.526. The van der Waals surface area contributed by atoms with E-state index in [0.717, 1.165) is 55.8 Å². The first-order valence-electron chi connectivity index (χ1n) is 9.40. The van der Waals surface area contributed by atoms with Gasteiger partial charge in [-0.25, -0.2) is 0 Å². The minimum Gasteiger partial charge on any atom is -0.339 e. The normalized spacial score (nSPS) is 16.5. The first-order chi connectivity index (χ1) is 13.0. The first kappa shape index (κ1) is 20.2. The van der Waals surface area contributed by atoms with Gasteiger partial charge < -0.3 is 14.4 Å². The second-order valence-corrected chi connectivity index (χ2v) is 8.32. The molecule has 8 heteroatoms. The average molecular weight is 408 g/mol. The summed E-state index contributed by atoms with van der Waals surface area (Å²) in [4.78, 5) is 17.2. The van der Waals surface area contributed by atoms with E-state index in [2.05, 4.69) is 28.9 Å². The summed E-state index contributed by atoms with van der Waals surface area (Å²) >= 11 is 7.59. The van der Waals surface area contributed by atoms with Gasteiger partial charge in [-0.2, -0.15) is 0 Å². The zero-order chi connectivity index (χ0) is 19.4. The van der Waals surface area contributed by atoms with Crippen molar-refractivity contribution in [2.45, 2.75) is 37.7 Å². The SMILES string of the molecule is CCN1CCN(C(=O)C(C)Sc2nnc(-c3cccc(Cl)c3)n2CC)CC1. The summed E-state index contributed by atoms with van der Waals surface area (Å²) in [6.07, 6.45) is 0. The summed E-state index contributed by atoms with van der Waals surface area (Å²) in [6, 6.07) is 7.60. The second-order valence-electron chi connectivity index (χ2n) is 6.58. The lowest BCUT2D eigenvalue weighted by Gasteiger charge is -2.35. The molecule has 0 bridgehead atoms. The maximum atomic E-state index is 12.8. The summed E-state index contributed by atoms with van der Waals surface area (Å²) < 4.78 is 2.04. The molecule has 27 heavy (non-hydrogen) atoms. The van der Waals surface area contributed by atoms with Gasteiger partial charge >= 0.3 is 0 Å². The van der Waals surface area contributed by atoms with Gasteiger partial charge in [-0.05, 0) is 32.5 Å². The number of nitrogens with zero attached hydrogens (tertiary/aromatic N) is 5. The fourth-order valence-electron chi connectivity index (χ4n) is 3.25. The number of carbonyl (C=O) groups excluding carboxylic acids is 1. The molecule has 0 saturated carbocycles. The van der Waals surface area contributed by atoms with E-state index in [1.54, 1.807) is 0 Å². The molecule has 1 unspecified atom stereocenters. The van der Waals surface area contributed by atoms with Crippen LogP contribution >= 0.6 is 23.4 Å². The fourth-order valence-corrected chi connectivity index (χ4v) is 4.44. The molecule has 1 fully saturated rings. The van der Waals surface area contributed by atoms with Gasteiger partial charge in [0.15, 0.2) is 11.0 Å². The van der Waals surface area contributed by atoms with Gasteiger partial charge in [0.1, 0.15) is 0 Å². The van der Waals surface area contributed by atoms with Crippen molar-refractivity contribution < 1.29 is 4.79 Å². The Balaban J connectivity index is 1.71. The molecule has 1 aliphatic rings. The predicted molar refractivity (Wildman–Crippen MR) is 110 cm³/mol. The third-order valence-corrected chi connectivity index (χ3v) is 6.18. The van der Waals surface area contributed by atoms with Crippen LogP contribution in [0.4, 0.5) is 0 Å². The van der Waals surface area contributed by atoms with Crippen LogP contribution in [0.15, 0.2) is 29.4 Å². The highest BCUT2D eigenvalue weighted by atomic mass is 35.5. The Morgan fingerprint density at radius 1 is 1.19 bits per heavy atom. The molecule has 146 valence electrons. The minimum atomic E-state index is -0.195. The van der Waals surface area contributed by atoms with Crippen LogP contribution in [0.5, 0.6) is 0 Å². The highest BCUT2D eigenvalue weighted by Crippen LogP contribution is 2.28. The van der Waals surface area contributed by atoms with Crippen LogP contribution < -0.4 is 0 Å². The molecule has 1 aliphatic heterocycles. The molecular weight excluding hydrogens is 382 g/mol. The number of hydrogen-bond donors (Lipinski definition) is 0. The molecule has 0 N–H and O–H groups in total. The molecule has 1 atom stereocenters. The molecule has 6 nitrogen and oxygen atoms in total. The smallest absolute Gasteiger partial charge is 0.235 e. The number of aromatic nitrogens is 3. The van der Waals surface area contributed by atoms with E-state index in [1.807, 2.05) is 40.7 Å². The Morgan fingerprint density at radius 3 is 2.56 bits per heavy atom. The van der Waals surface area contributed by atoms with Crippen molar-refractivity contribution in [1.29, 1.82) is 0 Å². The monoisotopic (exact) mass is 407 g/mol. The second kappa shape index (κ2) is 9.08. The van der Waals surface area contributed by atoms with Gasteiger partial charge in [0.25, 0.3) is 0 Å². The Morgan fingerprint density at radius 2 is 1.93 bits per heavy atom. The number of halogens is 1. The van der Waals surface area contributed by atoms with E-state index < -0.39 is 0 Å². The van der Waals surface area contributed by atoms with Crippen LogP contribution in [0.1, 0.15) is 20.8 Å². The summed E-state index contributed by atoms with van der Waals surface area (Å²) in [5.41, 5.74) is 0.929. The van der Waals surface area contributed by atoms with Crippen LogP contribution in [-0.4, -0.2) is 68.4 Å². The third-order valence-electron chi connectivity index (χ3n) is 4.88. The Hall–Kier alpha value is -1.57. The van der Waals surface area contributed by atoms with Gasteiger partial charge in [0.05, 0.1) is 5.25 Å². The van der Waals surface area contributed by atoms with Crippen molar-refractivity contribution in [3.63, 3.8) is 0 Å². The molecule has 0 spiro atoms. The zero-order valence-corrected chi connectivity index (χ0v) is 17.6. The van der Waals surface area contributed by atoms with Crippen LogP contribution in [-0.2, 0) is 11.3 Å². The average Bonchev–Trinajstić information content (AvgIpc) is 3.10. The lowest BCUT2D eigenvalue weighted by atomic mass is 10.2. The molecular formula is C19H26ClN5OS. The van der Waals surface area contributed by atoms with Gasteiger partial charge in [0, 0.05) is 43.3 Å². The van der Waals surface area contributed by atoms with Crippen LogP contribution in [0.2, 0.25) is 5.02 Å². The van der Waals surface area contributed by atoms with Crippen molar-refractivity contribution in [2.75, 3.05) is 32.7 Å². The molecule has 2 heterocycles. The highest BCUT2D eigenvalue weighted by Gasteiger charge is 2.27. The highest BCUT2D eigenvalue weighted by molar-refractivity contribution is 8.00. The number of carbonyl (C=O) groups is 1. The Labute approximate surface area is 169 Å². The van der Waals surface area contributed by atoms with E-state index >= 15 is 0 Å². The molecule has 3 rings (SSSR count). The molecule has 1 saturated heterocycles. The third kappa shape index (κ3) is 4.65. The number of thioether (sulfide) groups is 1. The number of hydrogen-bond acceptors (Lipinski definition) is 5. The minimum absolute atomic E-state index is 0.172. The predicted octanol–water partition coefficient (Wildman–Crippen LogP) is 3.26. The Bertz CT molecular complexity index is 788. The number of likely N-dealkylation sites (N-methyl/N-ethyl adjacent to an activating group) is 1. The first-order valence-corrected chi connectivity index (χ1v) is 10.7. The van der Waals surface area contributed by atoms with Gasteiger partial charge in [0.2, 0.25) is 5.91 Å². The van der Waals surface area contributed by atoms with Crippen molar-refractivity contribution in [2.24, 2.45) is 0 Å². The van der Waals surface area contributed by atoms with Crippen molar-refractivity contribution in [1.82, 2.24) is 24.6 Å². The van der Waals surface area contributed by atoms with Crippen LogP contribution in [0.25, 0.3) is 11.4 Å². The van der Waals surface area contributed by atoms with E-state index in [9.17, 15) is 4.79 Å². The summed E-state index contributed by atoms with van der Waals surface area (Å²) in [5, 5.41) is 9.92. The topological polar surface area (TPSA) is 54.3 Å². The molecule has 1 aromatic carbocycles. The van der Waals surface area contributed by atoms with E-state index in [1.165, 1.54) is 11.8 Å². The summed E-state index contributed by atoms with van der Waals surface area (Å²) in [5.74, 6) is 0.949. The zero-order valence-electron chi connectivity index (χ0n) is 16.1. The van der Waals surface area contributed by atoms with E-state index in [-0.39, 0.29) is 11.2 Å². The molecule has 1 amide bonds. The lowest BCUT2D eigenvalue weighted by molar-refractivity contribution is -0.132. The van der Waals surface area contributed by atoms with Crippen LogP contribution in [0.3, 0.4) is 0 Å². The van der Waals surface area contributed by atoms with Crippen molar-refractivity contribution >= 4 is 29.3 Å². The maximum absolute atomic E-state index is 12.8. The number of piperazine rings is 1. The maximum Gasteiger partial charge on any atom is 0.235 e. The van der Waals surface area contributed by atoms with Crippen LogP contribution in [0, 0.1) is 0 Å². The molecule has 2 aromatic rings. The van der Waals surface area contributed by atoms with Crippen molar-refractivity contribution in [3.8, 4) is 11.4 Å². The van der Waals surface area contributed by atoms with E-state index in [4.69, 9.17) is 11.6 Å². The molecule has 0 radical (unpaired) electrons. The Kier molecular flexibility index (Phi) is 6.78. The standard InChI is InChI=1S/C19H26ClN5OS/c1-4-23-9-11-24(12-10-23)18(26)14(3)27-19-22-21-17(25(19)5-2)15-7-6-8-16(20)13-15/h6-8,13-14H,4-5,9-12H2,1-3H3.